The quantitative estimate of drug-likeness (QED) is 0.375. The Kier molecular flexibility index (Phi) is 6.53. The monoisotopic (exact) mass is 452 g/mol. The van der Waals surface area contributed by atoms with Crippen molar-refractivity contribution in [2.45, 2.75) is 24.8 Å². The lowest BCUT2D eigenvalue weighted by atomic mass is 10.1. The van der Waals surface area contributed by atoms with Gasteiger partial charge in [-0.2, -0.15) is 0 Å². The van der Waals surface area contributed by atoms with Gasteiger partial charge in [-0.1, -0.05) is 42.5 Å². The van der Waals surface area contributed by atoms with Crippen molar-refractivity contribution >= 4 is 44.9 Å². The van der Waals surface area contributed by atoms with Crippen LogP contribution in [0.5, 0.6) is 0 Å². The number of carbonyl (C=O) groups excluding carboxylic acids is 1. The highest BCUT2D eigenvalue weighted by atomic mass is 32.2. The van der Waals surface area contributed by atoms with E-state index in [1.807, 2.05) is 36.4 Å². The fourth-order valence-corrected chi connectivity index (χ4v) is 4.92. The number of aromatic nitrogens is 1. The number of carbonyl (C=O) groups is 1. The minimum Gasteiger partial charge on any atom is -0.326 e. The molecule has 4 aromatic rings. The summed E-state index contributed by atoms with van der Waals surface area (Å²) in [6.45, 7) is 2.48. The number of anilines is 1. The summed E-state index contributed by atoms with van der Waals surface area (Å²) in [4.78, 5) is 26.0. The zero-order valence-corrected chi connectivity index (χ0v) is 18.6. The maximum Gasteiger partial charge on any atom is 0.308 e. The Hall–Kier alpha value is -2.90. The first-order valence-electron chi connectivity index (χ1n) is 9.91. The first kappa shape index (κ1) is 21.3. The summed E-state index contributed by atoms with van der Waals surface area (Å²) < 4.78 is 15.6. The third-order valence-electron chi connectivity index (χ3n) is 4.80. The van der Waals surface area contributed by atoms with Crippen molar-refractivity contribution in [3.63, 3.8) is 0 Å². The molecule has 1 amide bonds. The standard InChI is InChI=1S/C24H21FN2O2S2/c1-2-30-20-10-5-16(6-11-20)13-23(28)26-19-9-12-21-22(14-19)31-24(29)27(21)15-17-3-7-18(25)8-4-17/h3-12,14H,2,13,15H2,1H3,(H,26,28). The molecule has 1 heterocycles. The number of hydrogen-bond acceptors (Lipinski definition) is 4. The molecule has 0 spiro atoms. The molecule has 1 N–H and O–H groups in total. The lowest BCUT2D eigenvalue weighted by Gasteiger charge is -2.08. The van der Waals surface area contributed by atoms with Gasteiger partial charge < -0.3 is 5.32 Å². The molecule has 7 heteroatoms. The van der Waals surface area contributed by atoms with Gasteiger partial charge in [-0.05, 0) is 59.3 Å². The zero-order chi connectivity index (χ0) is 21.8. The summed E-state index contributed by atoms with van der Waals surface area (Å²) in [7, 11) is 0. The van der Waals surface area contributed by atoms with Gasteiger partial charge in [0, 0.05) is 10.6 Å². The van der Waals surface area contributed by atoms with Crippen LogP contribution in [0.4, 0.5) is 10.1 Å². The average Bonchev–Trinajstić information content (AvgIpc) is 3.05. The fraction of sp³-hybridized carbons (Fsp3) is 0.167. The average molecular weight is 453 g/mol. The second kappa shape index (κ2) is 9.49. The number of thioether (sulfide) groups is 1. The van der Waals surface area contributed by atoms with Crippen molar-refractivity contribution in [1.29, 1.82) is 0 Å². The molecule has 0 atom stereocenters. The SMILES string of the molecule is CCSc1ccc(CC(=O)Nc2ccc3c(c2)sc(=O)n3Cc2ccc(F)cc2)cc1. The van der Waals surface area contributed by atoms with Crippen molar-refractivity contribution in [3.05, 3.63) is 93.3 Å². The Balaban J connectivity index is 1.47. The summed E-state index contributed by atoms with van der Waals surface area (Å²) in [5, 5.41) is 2.92. The summed E-state index contributed by atoms with van der Waals surface area (Å²) in [6.07, 6.45) is 0.289. The van der Waals surface area contributed by atoms with E-state index in [1.54, 1.807) is 34.5 Å². The number of rotatable bonds is 7. The van der Waals surface area contributed by atoms with E-state index >= 15 is 0 Å². The largest absolute Gasteiger partial charge is 0.326 e. The third kappa shape index (κ3) is 5.24. The van der Waals surface area contributed by atoms with Crippen LogP contribution in [0.15, 0.2) is 76.4 Å². The molecule has 0 radical (unpaired) electrons. The molecule has 0 aliphatic heterocycles. The van der Waals surface area contributed by atoms with Crippen molar-refractivity contribution in [3.8, 4) is 0 Å². The predicted molar refractivity (Wildman–Crippen MR) is 127 cm³/mol. The zero-order valence-electron chi connectivity index (χ0n) is 16.9. The van der Waals surface area contributed by atoms with Gasteiger partial charge in [0.2, 0.25) is 5.91 Å². The van der Waals surface area contributed by atoms with Crippen LogP contribution in [-0.2, 0) is 17.8 Å². The van der Waals surface area contributed by atoms with Crippen LogP contribution in [0.2, 0.25) is 0 Å². The van der Waals surface area contributed by atoms with Crippen LogP contribution in [-0.4, -0.2) is 16.2 Å². The van der Waals surface area contributed by atoms with Gasteiger partial charge in [-0.15, -0.1) is 11.8 Å². The van der Waals surface area contributed by atoms with Crippen LogP contribution in [0.1, 0.15) is 18.1 Å². The van der Waals surface area contributed by atoms with Crippen LogP contribution < -0.4 is 10.2 Å². The van der Waals surface area contributed by atoms with Crippen LogP contribution >= 0.6 is 23.1 Å². The fourth-order valence-electron chi connectivity index (χ4n) is 3.33. The van der Waals surface area contributed by atoms with E-state index in [4.69, 9.17) is 0 Å². The van der Waals surface area contributed by atoms with Crippen LogP contribution in [0.3, 0.4) is 0 Å². The number of amides is 1. The molecule has 0 unspecified atom stereocenters. The number of nitrogens with zero attached hydrogens (tertiary/aromatic N) is 1. The maximum absolute atomic E-state index is 13.1. The molecule has 158 valence electrons. The summed E-state index contributed by atoms with van der Waals surface area (Å²) in [5.74, 6) is 0.607. The molecule has 0 bridgehead atoms. The molecule has 0 aliphatic carbocycles. The van der Waals surface area contributed by atoms with E-state index in [0.717, 1.165) is 38.4 Å². The molecule has 0 saturated carbocycles. The van der Waals surface area contributed by atoms with Gasteiger partial charge in [0.25, 0.3) is 0 Å². The molecule has 0 fully saturated rings. The highest BCUT2D eigenvalue weighted by Crippen LogP contribution is 2.23. The van der Waals surface area contributed by atoms with Crippen molar-refractivity contribution < 1.29 is 9.18 Å². The van der Waals surface area contributed by atoms with E-state index in [2.05, 4.69) is 12.2 Å². The van der Waals surface area contributed by atoms with E-state index in [9.17, 15) is 14.0 Å². The van der Waals surface area contributed by atoms with Gasteiger partial charge >= 0.3 is 4.87 Å². The van der Waals surface area contributed by atoms with Gasteiger partial charge in [-0.3, -0.25) is 14.2 Å². The normalized spacial score (nSPS) is 11.0. The summed E-state index contributed by atoms with van der Waals surface area (Å²) in [6, 6.07) is 19.6. The number of fused-ring (bicyclic) bond motifs is 1. The molecule has 31 heavy (non-hydrogen) atoms. The van der Waals surface area contributed by atoms with E-state index in [-0.39, 0.29) is 23.0 Å². The van der Waals surface area contributed by atoms with Crippen molar-refractivity contribution in [2.75, 3.05) is 11.1 Å². The van der Waals surface area contributed by atoms with E-state index in [0.29, 0.717) is 12.2 Å². The van der Waals surface area contributed by atoms with Crippen LogP contribution in [0, 0.1) is 5.82 Å². The van der Waals surface area contributed by atoms with Gasteiger partial charge in [0.15, 0.2) is 0 Å². The Morgan fingerprint density at radius 3 is 2.45 bits per heavy atom. The predicted octanol–water partition coefficient (Wildman–Crippen LogP) is 5.54. The highest BCUT2D eigenvalue weighted by Gasteiger charge is 2.11. The number of benzene rings is 3. The minimum absolute atomic E-state index is 0.0900. The molecule has 1 aromatic heterocycles. The molecule has 0 saturated heterocycles. The number of nitrogens with one attached hydrogen (secondary N) is 1. The molecule has 0 aliphatic rings. The van der Waals surface area contributed by atoms with Crippen molar-refractivity contribution in [1.82, 2.24) is 4.57 Å². The highest BCUT2D eigenvalue weighted by molar-refractivity contribution is 7.99. The third-order valence-corrected chi connectivity index (χ3v) is 6.64. The first-order chi connectivity index (χ1) is 15.0. The molecule has 4 nitrogen and oxygen atoms in total. The minimum atomic E-state index is -0.303. The number of thiazole rings is 1. The first-order valence-corrected chi connectivity index (χ1v) is 11.7. The molecule has 4 rings (SSSR count). The lowest BCUT2D eigenvalue weighted by molar-refractivity contribution is -0.115. The van der Waals surface area contributed by atoms with Gasteiger partial charge in [-0.25, -0.2) is 4.39 Å². The topological polar surface area (TPSA) is 51.1 Å². The Morgan fingerprint density at radius 1 is 1.03 bits per heavy atom. The summed E-state index contributed by atoms with van der Waals surface area (Å²) >= 11 is 2.90. The lowest BCUT2D eigenvalue weighted by Crippen LogP contribution is -2.14. The molecule has 3 aromatic carbocycles. The molecular weight excluding hydrogens is 431 g/mol. The second-order valence-electron chi connectivity index (χ2n) is 7.07. The van der Waals surface area contributed by atoms with Gasteiger partial charge in [0.05, 0.1) is 23.2 Å². The Labute approximate surface area is 187 Å². The number of halogens is 1. The van der Waals surface area contributed by atoms with Crippen LogP contribution in [0.25, 0.3) is 10.2 Å². The number of hydrogen-bond donors (Lipinski definition) is 1. The Bertz CT molecular complexity index is 1260. The summed E-state index contributed by atoms with van der Waals surface area (Å²) in [5.41, 5.74) is 3.25. The smallest absolute Gasteiger partial charge is 0.308 e. The molecular formula is C24H21FN2O2S2. The van der Waals surface area contributed by atoms with E-state index in [1.165, 1.54) is 17.0 Å². The van der Waals surface area contributed by atoms with E-state index < -0.39 is 0 Å². The van der Waals surface area contributed by atoms with Gasteiger partial charge in [0.1, 0.15) is 5.82 Å². The maximum atomic E-state index is 13.1. The van der Waals surface area contributed by atoms with Crippen molar-refractivity contribution in [2.24, 2.45) is 0 Å². The second-order valence-corrected chi connectivity index (χ2v) is 9.40. The Morgan fingerprint density at radius 2 is 1.74 bits per heavy atom.